The molecular weight excluding hydrogens is 274 g/mol. The van der Waals surface area contributed by atoms with Gasteiger partial charge in [-0.3, -0.25) is 9.59 Å². The third-order valence-electron chi connectivity index (χ3n) is 2.47. The Morgan fingerprint density at radius 3 is 2.60 bits per heavy atom. The van der Waals surface area contributed by atoms with E-state index in [0.29, 0.717) is 17.9 Å². The predicted molar refractivity (Wildman–Crippen MR) is 83.2 cm³/mol. The molecule has 1 aromatic carbocycles. The Hall–Kier alpha value is -1.49. The number of carboxylic acids is 1. The van der Waals surface area contributed by atoms with E-state index in [-0.39, 0.29) is 17.1 Å². The zero-order valence-electron chi connectivity index (χ0n) is 12.1. The summed E-state index contributed by atoms with van der Waals surface area (Å²) in [5.74, 6) is -0.454. The van der Waals surface area contributed by atoms with Crippen LogP contribution in [0.15, 0.2) is 24.3 Å². The number of thioether (sulfide) groups is 1. The number of nitrogens with one attached hydrogen (secondary N) is 1. The maximum atomic E-state index is 11.8. The molecule has 110 valence electrons. The van der Waals surface area contributed by atoms with Gasteiger partial charge in [0.05, 0.1) is 5.75 Å². The van der Waals surface area contributed by atoms with Gasteiger partial charge in [0.1, 0.15) is 0 Å². The van der Waals surface area contributed by atoms with E-state index in [1.807, 2.05) is 24.3 Å². The highest BCUT2D eigenvalue weighted by Crippen LogP contribution is 2.23. The van der Waals surface area contributed by atoms with Crippen molar-refractivity contribution in [1.29, 1.82) is 0 Å². The molecule has 0 saturated carbocycles. The van der Waals surface area contributed by atoms with E-state index in [0.717, 1.165) is 5.56 Å². The Morgan fingerprint density at radius 2 is 2.00 bits per heavy atom. The quantitative estimate of drug-likeness (QED) is 0.846. The molecule has 0 atom stereocenters. The molecule has 1 amide bonds. The van der Waals surface area contributed by atoms with Gasteiger partial charge in [0.15, 0.2) is 0 Å². The molecule has 0 aliphatic heterocycles. The maximum absolute atomic E-state index is 11.8. The van der Waals surface area contributed by atoms with Crippen LogP contribution in [-0.4, -0.2) is 27.5 Å². The minimum absolute atomic E-state index is 0.0414. The summed E-state index contributed by atoms with van der Waals surface area (Å²) in [6.45, 7) is 6.20. The Kier molecular flexibility index (Phi) is 6.07. The van der Waals surface area contributed by atoms with E-state index >= 15 is 0 Å². The Morgan fingerprint density at radius 1 is 1.30 bits per heavy atom. The summed E-state index contributed by atoms with van der Waals surface area (Å²) in [6, 6.07) is 7.32. The van der Waals surface area contributed by atoms with Gasteiger partial charge in [0.2, 0.25) is 5.91 Å². The monoisotopic (exact) mass is 295 g/mol. The second-order valence-corrected chi connectivity index (χ2v) is 7.35. The van der Waals surface area contributed by atoms with Crippen molar-refractivity contribution in [3.05, 3.63) is 29.8 Å². The molecule has 0 aliphatic carbocycles. The van der Waals surface area contributed by atoms with Gasteiger partial charge in [0.25, 0.3) is 0 Å². The van der Waals surface area contributed by atoms with Gasteiger partial charge in [0, 0.05) is 16.9 Å². The summed E-state index contributed by atoms with van der Waals surface area (Å²) in [5, 5.41) is 11.5. The van der Waals surface area contributed by atoms with Gasteiger partial charge in [-0.2, -0.15) is 0 Å². The molecule has 20 heavy (non-hydrogen) atoms. The summed E-state index contributed by atoms with van der Waals surface area (Å²) < 4.78 is 0.0562. The lowest BCUT2D eigenvalue weighted by Gasteiger charge is -2.17. The second kappa shape index (κ2) is 7.33. The third kappa shape index (κ3) is 7.19. The summed E-state index contributed by atoms with van der Waals surface area (Å²) >= 11 is 1.59. The lowest BCUT2D eigenvalue weighted by Crippen LogP contribution is -2.18. The van der Waals surface area contributed by atoms with Crippen molar-refractivity contribution in [3.8, 4) is 0 Å². The highest BCUT2D eigenvalue weighted by atomic mass is 32.2. The van der Waals surface area contributed by atoms with Crippen molar-refractivity contribution < 1.29 is 14.7 Å². The lowest BCUT2D eigenvalue weighted by molar-refractivity contribution is -0.137. The fourth-order valence-electron chi connectivity index (χ4n) is 1.53. The number of carbonyl (C=O) groups is 2. The number of amides is 1. The van der Waals surface area contributed by atoms with Gasteiger partial charge in [-0.05, 0) is 24.1 Å². The van der Waals surface area contributed by atoms with Crippen molar-refractivity contribution in [1.82, 2.24) is 0 Å². The molecule has 0 aliphatic rings. The molecule has 0 heterocycles. The van der Waals surface area contributed by atoms with Crippen LogP contribution in [0.3, 0.4) is 0 Å². The fourth-order valence-corrected chi connectivity index (χ4v) is 2.17. The maximum Gasteiger partial charge on any atom is 0.303 e. The van der Waals surface area contributed by atoms with E-state index in [1.54, 1.807) is 11.8 Å². The van der Waals surface area contributed by atoms with Crippen LogP contribution in [0, 0.1) is 0 Å². The fraction of sp³-hybridized carbons (Fsp3) is 0.467. The average Bonchev–Trinajstić information content (AvgIpc) is 2.34. The van der Waals surface area contributed by atoms with E-state index in [9.17, 15) is 9.59 Å². The molecule has 0 aromatic heterocycles. The largest absolute Gasteiger partial charge is 0.481 e. The first-order valence-electron chi connectivity index (χ1n) is 6.51. The predicted octanol–water partition coefficient (Wildman–Crippen LogP) is 3.17. The second-order valence-electron chi connectivity index (χ2n) is 5.54. The van der Waals surface area contributed by atoms with Crippen molar-refractivity contribution in [2.45, 2.75) is 38.4 Å². The van der Waals surface area contributed by atoms with Crippen molar-refractivity contribution >= 4 is 29.3 Å². The summed E-state index contributed by atoms with van der Waals surface area (Å²) in [6.07, 6.45) is 0.563. The summed E-state index contributed by atoms with van der Waals surface area (Å²) in [5.41, 5.74) is 1.63. The number of hydrogen-bond donors (Lipinski definition) is 2. The standard InChI is InChI=1S/C15H21NO3S/c1-15(2,3)20-10-13(17)16-12-6-4-5-11(9-12)7-8-14(18)19/h4-6,9H,7-8,10H2,1-3H3,(H,16,17)(H,18,19). The molecule has 0 unspecified atom stereocenters. The molecule has 0 radical (unpaired) electrons. The number of rotatable bonds is 6. The van der Waals surface area contributed by atoms with E-state index in [2.05, 4.69) is 26.1 Å². The molecule has 2 N–H and O–H groups in total. The highest BCUT2D eigenvalue weighted by Gasteiger charge is 2.13. The Bertz CT molecular complexity index is 480. The SMILES string of the molecule is CC(C)(C)SCC(=O)Nc1cccc(CCC(=O)O)c1. The minimum atomic E-state index is -0.819. The van der Waals surface area contributed by atoms with Gasteiger partial charge in [-0.25, -0.2) is 0 Å². The van der Waals surface area contributed by atoms with Crippen molar-refractivity contribution in [3.63, 3.8) is 0 Å². The topological polar surface area (TPSA) is 66.4 Å². The first kappa shape index (κ1) is 16.6. The number of hydrogen-bond acceptors (Lipinski definition) is 3. The van der Waals surface area contributed by atoms with Crippen LogP contribution < -0.4 is 5.32 Å². The lowest BCUT2D eigenvalue weighted by atomic mass is 10.1. The molecule has 1 rings (SSSR count). The molecule has 0 bridgehead atoms. The van der Waals surface area contributed by atoms with Crippen LogP contribution in [0.25, 0.3) is 0 Å². The number of carboxylic acid groups (broad SMARTS) is 1. The highest BCUT2D eigenvalue weighted by molar-refractivity contribution is 8.01. The van der Waals surface area contributed by atoms with Crippen molar-refractivity contribution in [2.75, 3.05) is 11.1 Å². The zero-order valence-corrected chi connectivity index (χ0v) is 12.9. The van der Waals surface area contributed by atoms with Gasteiger partial charge >= 0.3 is 5.97 Å². The van der Waals surface area contributed by atoms with Crippen LogP contribution in [0.2, 0.25) is 0 Å². The molecule has 4 nitrogen and oxygen atoms in total. The molecule has 1 aromatic rings. The first-order chi connectivity index (χ1) is 9.26. The first-order valence-corrected chi connectivity index (χ1v) is 7.49. The van der Waals surface area contributed by atoms with Crippen molar-refractivity contribution in [2.24, 2.45) is 0 Å². The number of carbonyl (C=O) groups excluding carboxylic acids is 1. The number of aliphatic carboxylic acids is 1. The molecule has 0 fully saturated rings. The smallest absolute Gasteiger partial charge is 0.303 e. The molecule has 0 saturated heterocycles. The van der Waals surface area contributed by atoms with Gasteiger partial charge in [-0.1, -0.05) is 32.9 Å². The van der Waals surface area contributed by atoms with Crippen LogP contribution in [0.1, 0.15) is 32.8 Å². The number of benzene rings is 1. The van der Waals surface area contributed by atoms with E-state index < -0.39 is 5.97 Å². The number of anilines is 1. The van der Waals surface area contributed by atoms with E-state index in [1.165, 1.54) is 0 Å². The third-order valence-corrected chi connectivity index (χ3v) is 3.75. The van der Waals surface area contributed by atoms with Crippen LogP contribution >= 0.6 is 11.8 Å². The average molecular weight is 295 g/mol. The molecule has 5 heteroatoms. The van der Waals surface area contributed by atoms with Crippen LogP contribution in [0.4, 0.5) is 5.69 Å². The minimum Gasteiger partial charge on any atom is -0.481 e. The summed E-state index contributed by atoms with van der Waals surface area (Å²) in [7, 11) is 0. The molecule has 0 spiro atoms. The van der Waals surface area contributed by atoms with E-state index in [4.69, 9.17) is 5.11 Å². The Balaban J connectivity index is 2.53. The van der Waals surface area contributed by atoms with Crippen LogP contribution in [-0.2, 0) is 16.0 Å². The normalized spacial score (nSPS) is 11.2. The van der Waals surface area contributed by atoms with Gasteiger partial charge in [-0.15, -0.1) is 11.8 Å². The van der Waals surface area contributed by atoms with Crippen LogP contribution in [0.5, 0.6) is 0 Å². The van der Waals surface area contributed by atoms with Gasteiger partial charge < -0.3 is 10.4 Å². The number of aryl methyl sites for hydroxylation is 1. The zero-order chi connectivity index (χ0) is 15.2. The molecular formula is C15H21NO3S. The Labute approximate surface area is 124 Å². The summed E-state index contributed by atoms with van der Waals surface area (Å²) in [4.78, 5) is 22.4.